The number of carbonyl (C=O) groups excluding carboxylic acids is 2. The van der Waals surface area contributed by atoms with Gasteiger partial charge in [0.15, 0.2) is 0 Å². The van der Waals surface area contributed by atoms with Gasteiger partial charge in [0.25, 0.3) is 5.78 Å². The van der Waals surface area contributed by atoms with E-state index in [1.54, 1.807) is 0 Å². The summed E-state index contributed by atoms with van der Waals surface area (Å²) in [5, 5.41) is 0. The first-order valence-electron chi connectivity index (χ1n) is 5.40. The molecule has 0 amide bonds. The number of Topliss-reactive ketones (excluding diaryl/α,β-unsaturated/α-hetero) is 1. The number of benzene rings is 1. The van der Waals surface area contributed by atoms with Gasteiger partial charge in [0, 0.05) is 4.90 Å². The molecule has 1 rings (SSSR count). The van der Waals surface area contributed by atoms with Crippen molar-refractivity contribution in [3.05, 3.63) is 48.5 Å². The summed E-state index contributed by atoms with van der Waals surface area (Å²) in [7, 11) is 0. The predicted molar refractivity (Wildman–Crippen MR) is 72.0 cm³/mol. The minimum absolute atomic E-state index is 0.00735. The number of nitrogens with zero attached hydrogens (tertiary/aromatic N) is 2. The molecule has 0 bridgehead atoms. The van der Waals surface area contributed by atoms with Crippen molar-refractivity contribution in [1.82, 2.24) is 0 Å². The van der Waals surface area contributed by atoms with Gasteiger partial charge in [0.1, 0.15) is 6.61 Å². The highest BCUT2D eigenvalue weighted by atomic mass is 32.2. The summed E-state index contributed by atoms with van der Waals surface area (Å²) in [4.78, 5) is 26.7. The van der Waals surface area contributed by atoms with Gasteiger partial charge in [-0.15, -0.1) is 11.8 Å². The number of hydrogen-bond acceptors (Lipinski definition) is 4. The van der Waals surface area contributed by atoms with Crippen molar-refractivity contribution in [2.24, 2.45) is 0 Å². The van der Waals surface area contributed by atoms with Crippen molar-refractivity contribution in [1.29, 1.82) is 0 Å². The van der Waals surface area contributed by atoms with Crippen LogP contribution >= 0.6 is 11.8 Å². The fourth-order valence-corrected chi connectivity index (χ4v) is 1.93. The van der Waals surface area contributed by atoms with Gasteiger partial charge in [0.2, 0.25) is 0 Å². The van der Waals surface area contributed by atoms with Crippen molar-refractivity contribution in [2.45, 2.75) is 4.90 Å². The molecule has 0 aromatic heterocycles. The number of ether oxygens (including phenoxy) is 1. The lowest BCUT2D eigenvalue weighted by Crippen LogP contribution is -2.28. The van der Waals surface area contributed by atoms with E-state index < -0.39 is 17.5 Å². The second kappa shape index (κ2) is 8.02. The average Bonchev–Trinajstić information content (AvgIpc) is 2.44. The van der Waals surface area contributed by atoms with Crippen LogP contribution in [0.4, 0.5) is 0 Å². The maximum absolute atomic E-state index is 11.7. The minimum Gasteiger partial charge on any atom is -0.453 e. The largest absolute Gasteiger partial charge is 0.453 e. The second-order valence-electron chi connectivity index (χ2n) is 3.36. The first-order valence-corrected chi connectivity index (χ1v) is 6.38. The predicted octanol–water partition coefficient (Wildman–Crippen LogP) is 1.75. The molecule has 0 heterocycles. The molecule has 19 heavy (non-hydrogen) atoms. The summed E-state index contributed by atoms with van der Waals surface area (Å²) >= 11 is 1.24. The molecule has 0 spiro atoms. The fraction of sp³-hybridized carbons (Fsp3) is 0.154. The molecule has 1 aromatic rings. The van der Waals surface area contributed by atoms with E-state index >= 15 is 0 Å². The Bertz CT molecular complexity index is 522. The quantitative estimate of drug-likeness (QED) is 0.144. The lowest BCUT2D eigenvalue weighted by molar-refractivity contribution is -0.140. The van der Waals surface area contributed by atoms with Crippen molar-refractivity contribution >= 4 is 29.2 Å². The van der Waals surface area contributed by atoms with E-state index in [-0.39, 0.29) is 12.4 Å². The Hall–Kier alpha value is -2.17. The van der Waals surface area contributed by atoms with Gasteiger partial charge in [-0.1, -0.05) is 30.9 Å². The zero-order chi connectivity index (χ0) is 14.1. The van der Waals surface area contributed by atoms with E-state index in [4.69, 9.17) is 5.53 Å². The molecular weight excluding hydrogens is 264 g/mol. The number of esters is 1. The van der Waals surface area contributed by atoms with E-state index in [0.29, 0.717) is 0 Å². The topological polar surface area (TPSA) is 79.8 Å². The van der Waals surface area contributed by atoms with Crippen molar-refractivity contribution < 1.29 is 19.1 Å². The molecule has 6 heteroatoms. The molecule has 0 aliphatic carbocycles. The molecule has 0 atom stereocenters. The minimum atomic E-state index is -0.957. The van der Waals surface area contributed by atoms with Crippen LogP contribution < -0.4 is 0 Å². The van der Waals surface area contributed by atoms with Crippen LogP contribution in [0, 0.1) is 0 Å². The van der Waals surface area contributed by atoms with Crippen molar-refractivity contribution in [3.8, 4) is 0 Å². The normalized spacial score (nSPS) is 9.26. The van der Waals surface area contributed by atoms with Crippen LogP contribution in [0.15, 0.2) is 47.9 Å². The zero-order valence-corrected chi connectivity index (χ0v) is 10.9. The fourth-order valence-electron chi connectivity index (χ4n) is 1.15. The molecule has 0 unspecified atom stereocenters. The van der Waals surface area contributed by atoms with Gasteiger partial charge < -0.3 is 10.3 Å². The summed E-state index contributed by atoms with van der Waals surface area (Å²) < 4.78 is 4.64. The van der Waals surface area contributed by atoms with Crippen LogP contribution in [0.5, 0.6) is 0 Å². The monoisotopic (exact) mass is 276 g/mol. The summed E-state index contributed by atoms with van der Waals surface area (Å²) in [6.45, 7) is 3.33. The molecule has 5 nitrogen and oxygen atoms in total. The Morgan fingerprint density at radius 1 is 1.37 bits per heavy atom. The summed E-state index contributed by atoms with van der Waals surface area (Å²) in [6, 6.07) is 9.21. The van der Waals surface area contributed by atoms with Crippen LogP contribution in [0.2, 0.25) is 0 Å². The molecule has 0 aliphatic rings. The number of thioether (sulfide) groups is 1. The first-order chi connectivity index (χ1) is 9.19. The number of ketones is 1. The summed E-state index contributed by atoms with van der Waals surface area (Å²) in [5.41, 5.74) is 8.09. The Morgan fingerprint density at radius 2 is 2.05 bits per heavy atom. The van der Waals surface area contributed by atoms with E-state index in [1.165, 1.54) is 17.8 Å². The second-order valence-corrected chi connectivity index (χ2v) is 4.41. The molecule has 1 aromatic carbocycles. The van der Waals surface area contributed by atoms with Crippen LogP contribution in [0.25, 0.3) is 5.53 Å². The third kappa shape index (κ3) is 4.91. The molecule has 0 N–H and O–H groups in total. The SMILES string of the molecule is C=CCOC(=O)C(=[N+]=[N-])C(=O)CSc1ccccc1. The number of hydrogen-bond donors (Lipinski definition) is 0. The Kier molecular flexibility index (Phi) is 6.29. The van der Waals surface area contributed by atoms with Crippen molar-refractivity contribution in [2.75, 3.05) is 12.4 Å². The molecule has 0 aliphatic heterocycles. The lowest BCUT2D eigenvalue weighted by atomic mass is 10.3. The van der Waals surface area contributed by atoms with E-state index in [2.05, 4.69) is 16.1 Å². The number of carbonyl (C=O) groups is 2. The molecule has 0 radical (unpaired) electrons. The highest BCUT2D eigenvalue weighted by Gasteiger charge is 2.30. The van der Waals surface area contributed by atoms with Crippen LogP contribution in [-0.2, 0) is 14.3 Å². The maximum Gasteiger partial charge on any atom is 0.442 e. The summed E-state index contributed by atoms with van der Waals surface area (Å²) in [6.07, 6.45) is 1.36. The van der Waals surface area contributed by atoms with Crippen LogP contribution in [0.1, 0.15) is 0 Å². The summed E-state index contributed by atoms with van der Waals surface area (Å²) in [5.74, 6) is -1.56. The van der Waals surface area contributed by atoms with E-state index in [0.717, 1.165) is 4.90 Å². The van der Waals surface area contributed by atoms with Gasteiger partial charge >= 0.3 is 11.7 Å². The van der Waals surface area contributed by atoms with Gasteiger partial charge in [-0.3, -0.25) is 4.79 Å². The van der Waals surface area contributed by atoms with Crippen LogP contribution in [0.3, 0.4) is 0 Å². The lowest BCUT2D eigenvalue weighted by Gasteiger charge is -1.99. The Morgan fingerprint density at radius 3 is 2.63 bits per heavy atom. The Labute approximate surface area is 114 Å². The van der Waals surface area contributed by atoms with Gasteiger partial charge in [-0.25, -0.2) is 4.79 Å². The van der Waals surface area contributed by atoms with E-state index in [9.17, 15) is 9.59 Å². The van der Waals surface area contributed by atoms with Gasteiger partial charge in [0.05, 0.1) is 5.75 Å². The maximum atomic E-state index is 11.7. The molecule has 0 saturated carbocycles. The van der Waals surface area contributed by atoms with Gasteiger partial charge in [-0.05, 0) is 12.1 Å². The van der Waals surface area contributed by atoms with Crippen molar-refractivity contribution in [3.63, 3.8) is 0 Å². The molecule has 98 valence electrons. The smallest absolute Gasteiger partial charge is 0.442 e. The Balaban J connectivity index is 2.58. The van der Waals surface area contributed by atoms with Crippen LogP contribution in [-0.4, -0.2) is 34.6 Å². The van der Waals surface area contributed by atoms with Gasteiger partial charge in [-0.2, -0.15) is 4.79 Å². The first kappa shape index (κ1) is 14.9. The zero-order valence-electron chi connectivity index (χ0n) is 10.1. The highest BCUT2D eigenvalue weighted by molar-refractivity contribution is 8.00. The molecule has 0 saturated heterocycles. The molecular formula is C13H12N2O3S. The highest BCUT2D eigenvalue weighted by Crippen LogP contribution is 2.16. The molecule has 0 fully saturated rings. The number of rotatable bonds is 7. The van der Waals surface area contributed by atoms with E-state index in [1.807, 2.05) is 30.3 Å². The third-order valence-electron chi connectivity index (χ3n) is 2.00. The average molecular weight is 276 g/mol. The third-order valence-corrected chi connectivity index (χ3v) is 3.01. The standard InChI is InChI=1S/C13H12N2O3S/c1-2-8-18-13(17)12(15-14)11(16)9-19-10-6-4-3-5-7-10/h2-7H,1,8-9H2.